The van der Waals surface area contributed by atoms with Crippen molar-refractivity contribution in [2.75, 3.05) is 0 Å². The third-order valence-corrected chi connectivity index (χ3v) is 3.08. The first kappa shape index (κ1) is 9.71. The highest BCUT2D eigenvalue weighted by Crippen LogP contribution is 2.28. The van der Waals surface area contributed by atoms with E-state index in [1.54, 1.807) is 0 Å². The van der Waals surface area contributed by atoms with Crippen LogP contribution in [0.1, 0.15) is 38.3 Å². The van der Waals surface area contributed by atoms with Gasteiger partial charge in [0, 0.05) is 30.9 Å². The van der Waals surface area contributed by atoms with Crippen molar-refractivity contribution >= 4 is 0 Å². The van der Waals surface area contributed by atoms with E-state index in [-0.39, 0.29) is 0 Å². The monoisotopic (exact) mass is 193 g/mol. The lowest BCUT2D eigenvalue weighted by Crippen LogP contribution is -2.41. The average molecular weight is 193 g/mol. The number of nitrogens with one attached hydrogen (secondary N) is 1. The first-order valence-corrected chi connectivity index (χ1v) is 5.39. The quantitative estimate of drug-likeness (QED) is 0.794. The molecule has 3 heteroatoms. The van der Waals surface area contributed by atoms with Gasteiger partial charge in [-0.2, -0.15) is 5.10 Å². The molecule has 14 heavy (non-hydrogen) atoms. The van der Waals surface area contributed by atoms with Crippen LogP contribution >= 0.6 is 0 Å². The molecule has 1 aliphatic rings. The second-order valence-electron chi connectivity index (χ2n) is 4.61. The fraction of sp³-hybridized carbons (Fsp3) is 0.727. The maximum absolute atomic E-state index is 4.18. The fourth-order valence-electron chi connectivity index (χ4n) is 2.15. The zero-order valence-corrected chi connectivity index (χ0v) is 9.20. The Morgan fingerprint density at radius 3 is 2.79 bits per heavy atom. The summed E-state index contributed by atoms with van der Waals surface area (Å²) in [5, 5.41) is 7.80. The van der Waals surface area contributed by atoms with Gasteiger partial charge in [0.15, 0.2) is 0 Å². The third kappa shape index (κ3) is 1.98. The van der Waals surface area contributed by atoms with Gasteiger partial charge in [0.2, 0.25) is 0 Å². The van der Waals surface area contributed by atoms with E-state index < -0.39 is 0 Å². The Balaban J connectivity index is 1.86. The van der Waals surface area contributed by atoms with Gasteiger partial charge in [0.25, 0.3) is 0 Å². The van der Waals surface area contributed by atoms with Gasteiger partial charge in [-0.1, -0.05) is 6.92 Å². The summed E-state index contributed by atoms with van der Waals surface area (Å²) in [6, 6.07) is 1.15. The third-order valence-electron chi connectivity index (χ3n) is 3.08. The summed E-state index contributed by atoms with van der Waals surface area (Å²) in [6.07, 6.45) is 6.68. The van der Waals surface area contributed by atoms with E-state index in [4.69, 9.17) is 0 Å². The fourth-order valence-corrected chi connectivity index (χ4v) is 2.15. The summed E-state index contributed by atoms with van der Waals surface area (Å²) in [6.45, 7) is 4.52. The molecule has 1 heterocycles. The zero-order valence-electron chi connectivity index (χ0n) is 9.20. The highest BCUT2D eigenvalue weighted by molar-refractivity contribution is 5.09. The van der Waals surface area contributed by atoms with E-state index in [1.807, 2.05) is 17.9 Å². The Morgan fingerprint density at radius 2 is 2.29 bits per heavy atom. The van der Waals surface area contributed by atoms with Gasteiger partial charge in [-0.05, 0) is 25.7 Å². The van der Waals surface area contributed by atoms with E-state index in [9.17, 15) is 0 Å². The largest absolute Gasteiger partial charge is 0.307 e. The minimum atomic E-state index is 0.432. The Hall–Kier alpha value is -0.830. The number of hydrogen-bond donors (Lipinski definition) is 1. The van der Waals surface area contributed by atoms with Crippen molar-refractivity contribution in [3.8, 4) is 0 Å². The van der Waals surface area contributed by atoms with Crippen molar-refractivity contribution in [1.82, 2.24) is 15.1 Å². The SMILES string of the molecule is CC1CC(NC(C)c2cnn(C)c2)C1. The van der Waals surface area contributed by atoms with Crippen molar-refractivity contribution in [3.63, 3.8) is 0 Å². The molecule has 0 bridgehead atoms. The van der Waals surface area contributed by atoms with E-state index in [0.717, 1.165) is 12.0 Å². The molecule has 0 radical (unpaired) electrons. The summed E-state index contributed by atoms with van der Waals surface area (Å²) in [5.74, 6) is 0.911. The number of aromatic nitrogens is 2. The number of aryl methyl sites for hydroxylation is 1. The van der Waals surface area contributed by atoms with Gasteiger partial charge >= 0.3 is 0 Å². The highest BCUT2D eigenvalue weighted by Gasteiger charge is 2.26. The molecule has 1 aliphatic carbocycles. The van der Waals surface area contributed by atoms with Gasteiger partial charge in [0.05, 0.1) is 6.20 Å². The van der Waals surface area contributed by atoms with E-state index in [0.29, 0.717) is 6.04 Å². The van der Waals surface area contributed by atoms with Crippen LogP contribution < -0.4 is 5.32 Å². The van der Waals surface area contributed by atoms with Crippen molar-refractivity contribution in [1.29, 1.82) is 0 Å². The van der Waals surface area contributed by atoms with Crippen molar-refractivity contribution in [2.45, 2.75) is 38.8 Å². The standard InChI is InChI=1S/C11H19N3/c1-8-4-11(5-8)13-9(2)10-6-12-14(3)7-10/h6-9,11,13H,4-5H2,1-3H3. The molecule has 1 N–H and O–H groups in total. The maximum atomic E-state index is 4.18. The molecule has 1 atom stereocenters. The smallest absolute Gasteiger partial charge is 0.0537 e. The van der Waals surface area contributed by atoms with Crippen molar-refractivity contribution in [2.24, 2.45) is 13.0 Å². The van der Waals surface area contributed by atoms with Crippen LogP contribution in [0.4, 0.5) is 0 Å². The first-order chi connectivity index (χ1) is 6.65. The normalized spacial score (nSPS) is 28.5. The molecule has 0 spiro atoms. The number of hydrogen-bond acceptors (Lipinski definition) is 2. The molecule has 2 rings (SSSR count). The molecule has 1 aromatic rings. The molecule has 3 nitrogen and oxygen atoms in total. The molecule has 0 amide bonds. The number of nitrogens with zero attached hydrogens (tertiary/aromatic N) is 2. The lowest BCUT2D eigenvalue weighted by atomic mass is 9.81. The molecule has 78 valence electrons. The summed E-state index contributed by atoms with van der Waals surface area (Å²) in [7, 11) is 1.96. The predicted molar refractivity (Wildman–Crippen MR) is 56.9 cm³/mol. The average Bonchev–Trinajstić information content (AvgIpc) is 2.49. The van der Waals surface area contributed by atoms with Gasteiger partial charge < -0.3 is 5.32 Å². The van der Waals surface area contributed by atoms with E-state index >= 15 is 0 Å². The van der Waals surface area contributed by atoms with Gasteiger partial charge in [0.1, 0.15) is 0 Å². The van der Waals surface area contributed by atoms with Crippen molar-refractivity contribution < 1.29 is 0 Å². The lowest BCUT2D eigenvalue weighted by Gasteiger charge is -2.35. The summed E-state index contributed by atoms with van der Waals surface area (Å²) in [5.41, 5.74) is 1.28. The Morgan fingerprint density at radius 1 is 1.57 bits per heavy atom. The molecule has 0 aliphatic heterocycles. The van der Waals surface area contributed by atoms with E-state index in [2.05, 4.69) is 30.5 Å². The summed E-state index contributed by atoms with van der Waals surface area (Å²) < 4.78 is 1.86. The van der Waals surface area contributed by atoms with Crippen LogP contribution in [0, 0.1) is 5.92 Å². The first-order valence-electron chi connectivity index (χ1n) is 5.39. The number of rotatable bonds is 3. The topological polar surface area (TPSA) is 29.9 Å². The van der Waals surface area contributed by atoms with Crippen LogP contribution in [0.2, 0.25) is 0 Å². The summed E-state index contributed by atoms with van der Waals surface area (Å²) >= 11 is 0. The Bertz CT molecular complexity index is 299. The van der Waals surface area contributed by atoms with Crippen LogP contribution in [0.3, 0.4) is 0 Å². The lowest BCUT2D eigenvalue weighted by molar-refractivity contribution is 0.226. The second-order valence-corrected chi connectivity index (χ2v) is 4.61. The molecule has 1 aromatic heterocycles. The van der Waals surface area contributed by atoms with Crippen LogP contribution in [-0.4, -0.2) is 15.8 Å². The van der Waals surface area contributed by atoms with Crippen LogP contribution in [0.25, 0.3) is 0 Å². The zero-order chi connectivity index (χ0) is 10.1. The maximum Gasteiger partial charge on any atom is 0.0537 e. The van der Waals surface area contributed by atoms with Gasteiger partial charge in [-0.3, -0.25) is 4.68 Å². The van der Waals surface area contributed by atoms with Gasteiger partial charge in [-0.15, -0.1) is 0 Å². The van der Waals surface area contributed by atoms with Crippen LogP contribution in [0.5, 0.6) is 0 Å². The molecular formula is C11H19N3. The molecule has 0 aromatic carbocycles. The molecule has 1 fully saturated rings. The minimum absolute atomic E-state index is 0.432. The predicted octanol–water partition coefficient (Wildman–Crippen LogP) is 1.87. The van der Waals surface area contributed by atoms with Crippen molar-refractivity contribution in [3.05, 3.63) is 18.0 Å². The minimum Gasteiger partial charge on any atom is -0.307 e. The molecular weight excluding hydrogens is 174 g/mol. The van der Waals surface area contributed by atoms with Crippen LogP contribution in [-0.2, 0) is 7.05 Å². The second kappa shape index (κ2) is 3.73. The Kier molecular flexibility index (Phi) is 2.59. The van der Waals surface area contributed by atoms with Gasteiger partial charge in [-0.25, -0.2) is 0 Å². The highest BCUT2D eigenvalue weighted by atomic mass is 15.2. The van der Waals surface area contributed by atoms with E-state index in [1.165, 1.54) is 18.4 Å². The van der Waals surface area contributed by atoms with Crippen LogP contribution in [0.15, 0.2) is 12.4 Å². The molecule has 0 saturated heterocycles. The molecule has 1 saturated carbocycles. The summed E-state index contributed by atoms with van der Waals surface area (Å²) in [4.78, 5) is 0. The molecule has 1 unspecified atom stereocenters. The Labute approximate surface area is 85.5 Å².